The average molecular weight is 262 g/mol. The summed E-state index contributed by atoms with van der Waals surface area (Å²) >= 11 is 4.95. The van der Waals surface area contributed by atoms with Gasteiger partial charge in [0.05, 0.1) is 5.54 Å². The van der Waals surface area contributed by atoms with Crippen LogP contribution in [0.5, 0.6) is 0 Å². The Labute approximate surface area is 90.3 Å². The molecule has 0 aliphatic heterocycles. The number of nitrogens with two attached hydrogens (primary N) is 1. The van der Waals surface area contributed by atoms with Crippen molar-refractivity contribution in [2.24, 2.45) is 5.73 Å². The Kier molecular flexibility index (Phi) is 3.27. The Balaban J connectivity index is 2.71. The van der Waals surface area contributed by atoms with Gasteiger partial charge >= 0.3 is 0 Å². The molecule has 0 bridgehead atoms. The minimum atomic E-state index is -0.733. The van der Waals surface area contributed by atoms with Crippen LogP contribution in [-0.4, -0.2) is 11.3 Å². The van der Waals surface area contributed by atoms with Crippen LogP contribution in [0.3, 0.4) is 0 Å². The second-order valence-electron chi connectivity index (χ2n) is 3.51. The molecule has 1 rings (SSSR count). The zero-order valence-corrected chi connectivity index (χ0v) is 10.0. The first-order chi connectivity index (χ1) is 5.91. The van der Waals surface area contributed by atoms with Crippen LogP contribution in [0.2, 0.25) is 0 Å². The molecule has 0 radical (unpaired) electrons. The second-order valence-corrected chi connectivity index (χ2v) is 5.37. The highest BCUT2D eigenvalue weighted by atomic mass is 79.9. The van der Waals surface area contributed by atoms with Crippen molar-refractivity contribution in [2.75, 3.05) is 0 Å². The molecule has 1 aromatic heterocycles. The molecule has 0 unspecified atom stereocenters. The zero-order valence-electron chi connectivity index (χ0n) is 7.63. The van der Waals surface area contributed by atoms with E-state index in [2.05, 4.69) is 15.9 Å². The number of Topliss-reactive ketones (excluding diaryl/α,β-unsaturated/α-hetero) is 1. The third kappa shape index (κ3) is 2.90. The van der Waals surface area contributed by atoms with Crippen LogP contribution in [0.4, 0.5) is 0 Å². The molecule has 1 heterocycles. The maximum atomic E-state index is 11.5. The number of carbonyl (C=O) groups is 1. The molecule has 0 atom stereocenters. The Bertz CT molecular complexity index is 314. The van der Waals surface area contributed by atoms with Gasteiger partial charge in [0.25, 0.3) is 0 Å². The van der Waals surface area contributed by atoms with E-state index in [1.165, 1.54) is 0 Å². The van der Waals surface area contributed by atoms with E-state index in [9.17, 15) is 4.79 Å². The van der Waals surface area contributed by atoms with Crippen molar-refractivity contribution in [1.29, 1.82) is 0 Å². The van der Waals surface area contributed by atoms with Crippen LogP contribution >= 0.6 is 27.3 Å². The number of rotatable bonds is 3. The van der Waals surface area contributed by atoms with Crippen LogP contribution in [0, 0.1) is 0 Å². The summed E-state index contributed by atoms with van der Waals surface area (Å²) in [5.41, 5.74) is 4.95. The maximum absolute atomic E-state index is 11.5. The molecule has 0 spiro atoms. The van der Waals surface area contributed by atoms with Gasteiger partial charge in [-0.2, -0.15) is 0 Å². The molecule has 2 N–H and O–H groups in total. The van der Waals surface area contributed by atoms with Gasteiger partial charge in [-0.25, -0.2) is 0 Å². The highest BCUT2D eigenvalue weighted by molar-refractivity contribution is 9.10. The molecule has 0 aromatic carbocycles. The van der Waals surface area contributed by atoms with Crippen LogP contribution in [0.1, 0.15) is 18.7 Å². The smallest absolute Gasteiger partial charge is 0.157 e. The van der Waals surface area contributed by atoms with Crippen molar-refractivity contribution in [2.45, 2.75) is 25.8 Å². The number of ketones is 1. The van der Waals surface area contributed by atoms with Crippen molar-refractivity contribution in [1.82, 2.24) is 0 Å². The van der Waals surface area contributed by atoms with Gasteiger partial charge in [-0.05, 0) is 41.2 Å². The Morgan fingerprint density at radius 3 is 2.69 bits per heavy atom. The van der Waals surface area contributed by atoms with Crippen molar-refractivity contribution in [3.05, 3.63) is 20.8 Å². The summed E-state index contributed by atoms with van der Waals surface area (Å²) in [4.78, 5) is 12.6. The first-order valence-corrected chi connectivity index (χ1v) is 5.62. The standard InChI is InChI=1S/C9H12BrNOS/c1-9(2,11)8(12)5-7-6(10)3-4-13-7/h3-4H,5,11H2,1-2H3. The Hall–Kier alpha value is -0.190. The van der Waals surface area contributed by atoms with Gasteiger partial charge < -0.3 is 5.73 Å². The molecule has 2 nitrogen and oxygen atoms in total. The quantitative estimate of drug-likeness (QED) is 0.908. The number of thiophene rings is 1. The normalized spacial score (nSPS) is 11.7. The lowest BCUT2D eigenvalue weighted by atomic mass is 9.98. The van der Waals surface area contributed by atoms with Gasteiger partial charge in [-0.15, -0.1) is 11.3 Å². The van der Waals surface area contributed by atoms with Crippen LogP contribution in [0.15, 0.2) is 15.9 Å². The summed E-state index contributed by atoms with van der Waals surface area (Å²) in [6.45, 7) is 3.47. The third-order valence-electron chi connectivity index (χ3n) is 1.73. The topological polar surface area (TPSA) is 43.1 Å². The largest absolute Gasteiger partial charge is 0.319 e. The fourth-order valence-electron chi connectivity index (χ4n) is 0.825. The van der Waals surface area contributed by atoms with E-state index in [0.717, 1.165) is 9.35 Å². The molecule has 13 heavy (non-hydrogen) atoms. The highest BCUT2D eigenvalue weighted by Crippen LogP contribution is 2.24. The second kappa shape index (κ2) is 3.90. The van der Waals surface area contributed by atoms with E-state index in [-0.39, 0.29) is 5.78 Å². The minimum absolute atomic E-state index is 0.0654. The molecule has 0 aliphatic rings. The van der Waals surface area contributed by atoms with Gasteiger partial charge in [0.1, 0.15) is 0 Å². The lowest BCUT2D eigenvalue weighted by Gasteiger charge is -2.15. The van der Waals surface area contributed by atoms with E-state index < -0.39 is 5.54 Å². The van der Waals surface area contributed by atoms with E-state index >= 15 is 0 Å². The monoisotopic (exact) mass is 261 g/mol. The predicted octanol–water partition coefficient (Wildman–Crippen LogP) is 2.36. The van der Waals surface area contributed by atoms with Crippen LogP contribution in [0.25, 0.3) is 0 Å². The summed E-state index contributed by atoms with van der Waals surface area (Å²) in [7, 11) is 0. The lowest BCUT2D eigenvalue weighted by Crippen LogP contribution is -2.42. The lowest BCUT2D eigenvalue weighted by molar-refractivity contribution is -0.122. The van der Waals surface area contributed by atoms with E-state index in [0.29, 0.717) is 6.42 Å². The fourth-order valence-corrected chi connectivity index (χ4v) is 2.32. The average Bonchev–Trinajstić information content (AvgIpc) is 2.34. The SMILES string of the molecule is CC(C)(N)C(=O)Cc1sccc1Br. The van der Waals surface area contributed by atoms with Gasteiger partial charge in [0.2, 0.25) is 0 Å². The molecule has 0 fully saturated rings. The highest BCUT2D eigenvalue weighted by Gasteiger charge is 2.22. The summed E-state index contributed by atoms with van der Waals surface area (Å²) < 4.78 is 0.995. The van der Waals surface area contributed by atoms with Crippen molar-refractivity contribution < 1.29 is 4.79 Å². The molecule has 4 heteroatoms. The van der Waals surface area contributed by atoms with Gasteiger partial charge in [-0.1, -0.05) is 0 Å². The molecule has 0 saturated carbocycles. The molecule has 72 valence electrons. The van der Waals surface area contributed by atoms with E-state index in [1.54, 1.807) is 25.2 Å². The molecule has 0 aliphatic carbocycles. The molecular formula is C9H12BrNOS. The van der Waals surface area contributed by atoms with Gasteiger partial charge in [-0.3, -0.25) is 4.79 Å². The summed E-state index contributed by atoms with van der Waals surface area (Å²) in [5, 5.41) is 1.95. The first-order valence-electron chi connectivity index (χ1n) is 3.95. The molecule has 1 aromatic rings. The molecular weight excluding hydrogens is 250 g/mol. The molecule has 0 saturated heterocycles. The minimum Gasteiger partial charge on any atom is -0.319 e. The van der Waals surface area contributed by atoms with E-state index in [1.807, 2.05) is 11.4 Å². The molecule has 0 amide bonds. The Morgan fingerprint density at radius 2 is 2.31 bits per heavy atom. The number of halogens is 1. The first kappa shape index (κ1) is 10.9. The zero-order chi connectivity index (χ0) is 10.1. The van der Waals surface area contributed by atoms with Crippen molar-refractivity contribution in [3.63, 3.8) is 0 Å². The fraction of sp³-hybridized carbons (Fsp3) is 0.444. The number of carbonyl (C=O) groups excluding carboxylic acids is 1. The van der Waals surface area contributed by atoms with E-state index in [4.69, 9.17) is 5.73 Å². The summed E-state index contributed by atoms with van der Waals surface area (Å²) in [6.07, 6.45) is 0.418. The predicted molar refractivity (Wildman–Crippen MR) is 59.0 cm³/mol. The van der Waals surface area contributed by atoms with Gasteiger partial charge in [0.15, 0.2) is 5.78 Å². The Morgan fingerprint density at radius 1 is 1.69 bits per heavy atom. The van der Waals surface area contributed by atoms with Crippen LogP contribution < -0.4 is 5.73 Å². The maximum Gasteiger partial charge on any atom is 0.157 e. The number of hydrogen-bond donors (Lipinski definition) is 1. The third-order valence-corrected chi connectivity index (χ3v) is 3.66. The summed E-state index contributed by atoms with van der Waals surface area (Å²) in [6, 6.07) is 1.94. The van der Waals surface area contributed by atoms with Crippen molar-refractivity contribution in [3.8, 4) is 0 Å². The number of hydrogen-bond acceptors (Lipinski definition) is 3. The van der Waals surface area contributed by atoms with Crippen LogP contribution in [-0.2, 0) is 11.2 Å². The van der Waals surface area contributed by atoms with Crippen molar-refractivity contribution >= 4 is 33.0 Å². The van der Waals surface area contributed by atoms with Gasteiger partial charge in [0, 0.05) is 15.8 Å². The summed E-state index contributed by atoms with van der Waals surface area (Å²) in [5.74, 6) is 0.0654.